The number of anilines is 1. The minimum atomic E-state index is -3.65. The first kappa shape index (κ1) is 17.0. The van der Waals surface area contributed by atoms with Crippen molar-refractivity contribution in [1.29, 1.82) is 0 Å². The maximum atomic E-state index is 11.4. The highest BCUT2D eigenvalue weighted by Crippen LogP contribution is 2.20. The van der Waals surface area contributed by atoms with Gasteiger partial charge in [-0.3, -0.25) is 0 Å². The third-order valence-corrected chi connectivity index (χ3v) is 3.96. The lowest BCUT2D eigenvalue weighted by Gasteiger charge is -2.23. The van der Waals surface area contributed by atoms with E-state index < -0.39 is 10.0 Å². The number of hydrogen-bond acceptors (Lipinski definition) is 3. The molecule has 0 aromatic heterocycles. The number of rotatable bonds is 7. The molecule has 0 saturated heterocycles. The number of nitrogens with two attached hydrogens (primary N) is 1. The molecular formula is C15H26N2O2S. The lowest BCUT2D eigenvalue weighted by atomic mass is 9.95. The molecule has 0 aliphatic heterocycles. The molecule has 0 atom stereocenters. The molecule has 0 saturated carbocycles. The Balaban J connectivity index is 2.87. The third-order valence-electron chi connectivity index (χ3n) is 3.05. The molecule has 0 radical (unpaired) electrons. The van der Waals surface area contributed by atoms with Gasteiger partial charge < -0.3 is 5.32 Å². The van der Waals surface area contributed by atoms with Crippen LogP contribution in [-0.4, -0.2) is 14.5 Å². The van der Waals surface area contributed by atoms with Crippen molar-refractivity contribution in [3.05, 3.63) is 24.3 Å². The van der Waals surface area contributed by atoms with Crippen molar-refractivity contribution in [2.24, 2.45) is 17.0 Å². The van der Waals surface area contributed by atoms with Gasteiger partial charge in [-0.15, -0.1) is 0 Å². The van der Waals surface area contributed by atoms with Crippen LogP contribution < -0.4 is 10.5 Å². The van der Waals surface area contributed by atoms with E-state index in [9.17, 15) is 8.42 Å². The Hall–Kier alpha value is -1.07. The molecule has 5 heteroatoms. The molecule has 4 nitrogen and oxygen atoms in total. The first-order chi connectivity index (χ1) is 9.18. The fraction of sp³-hybridized carbons (Fsp3) is 0.600. The van der Waals surface area contributed by atoms with Crippen LogP contribution in [0.1, 0.15) is 40.5 Å². The van der Waals surface area contributed by atoms with E-state index in [1.54, 1.807) is 12.1 Å². The van der Waals surface area contributed by atoms with Gasteiger partial charge in [-0.25, -0.2) is 13.6 Å². The average Bonchev–Trinajstić information content (AvgIpc) is 2.26. The lowest BCUT2D eigenvalue weighted by Crippen LogP contribution is -2.24. The Labute approximate surface area is 122 Å². The molecule has 3 N–H and O–H groups in total. The smallest absolute Gasteiger partial charge is 0.238 e. The minimum absolute atomic E-state index is 0.148. The van der Waals surface area contributed by atoms with Gasteiger partial charge in [0.2, 0.25) is 10.0 Å². The number of primary sulfonamides is 1. The molecule has 0 fully saturated rings. The predicted molar refractivity (Wildman–Crippen MR) is 84.1 cm³/mol. The lowest BCUT2D eigenvalue weighted by molar-refractivity contribution is 0.442. The Bertz CT molecular complexity index is 514. The van der Waals surface area contributed by atoms with Crippen molar-refractivity contribution in [2.75, 3.05) is 5.32 Å². The van der Waals surface area contributed by atoms with Gasteiger partial charge in [-0.2, -0.15) is 0 Å². The maximum absolute atomic E-state index is 11.4. The van der Waals surface area contributed by atoms with Crippen LogP contribution in [0.3, 0.4) is 0 Å². The van der Waals surface area contributed by atoms with Crippen LogP contribution in [0.25, 0.3) is 0 Å². The zero-order valence-electron chi connectivity index (χ0n) is 12.8. The average molecular weight is 298 g/mol. The Morgan fingerprint density at radius 1 is 1.10 bits per heavy atom. The molecule has 1 rings (SSSR count). The van der Waals surface area contributed by atoms with Crippen LogP contribution in [0.4, 0.5) is 5.69 Å². The number of nitrogens with one attached hydrogen (secondary N) is 1. The molecule has 1 aromatic rings. The zero-order valence-corrected chi connectivity index (χ0v) is 13.6. The predicted octanol–water partition coefficient (Wildman–Crippen LogP) is 3.21. The van der Waals surface area contributed by atoms with Crippen molar-refractivity contribution in [3.8, 4) is 0 Å². The van der Waals surface area contributed by atoms with Gasteiger partial charge in [0.25, 0.3) is 0 Å². The molecule has 0 heterocycles. The highest BCUT2D eigenvalue weighted by molar-refractivity contribution is 7.89. The quantitative estimate of drug-likeness (QED) is 0.812. The van der Waals surface area contributed by atoms with E-state index in [-0.39, 0.29) is 4.90 Å². The van der Waals surface area contributed by atoms with Crippen LogP contribution in [0, 0.1) is 11.8 Å². The second kappa shape index (κ2) is 7.09. The second-order valence-corrected chi connectivity index (χ2v) is 7.73. The summed E-state index contributed by atoms with van der Waals surface area (Å²) in [5.41, 5.74) is 0.808. The number of benzene rings is 1. The summed E-state index contributed by atoms with van der Waals surface area (Å²) in [5, 5.41) is 8.60. The summed E-state index contributed by atoms with van der Waals surface area (Å²) in [6.07, 6.45) is 2.11. The molecule has 0 aliphatic carbocycles. The van der Waals surface area contributed by atoms with Crippen molar-refractivity contribution in [3.63, 3.8) is 0 Å². The van der Waals surface area contributed by atoms with E-state index in [0.29, 0.717) is 17.9 Å². The van der Waals surface area contributed by atoms with Gasteiger partial charge in [-0.05, 0) is 42.9 Å². The fourth-order valence-electron chi connectivity index (χ4n) is 2.35. The summed E-state index contributed by atoms with van der Waals surface area (Å²) in [5.74, 6) is 1.18. The zero-order chi connectivity index (χ0) is 15.3. The Morgan fingerprint density at radius 2 is 1.65 bits per heavy atom. The Kier molecular flexibility index (Phi) is 6.02. The molecule has 20 heavy (non-hydrogen) atoms. The number of sulfonamides is 1. The van der Waals surface area contributed by atoms with Crippen LogP contribution in [0.5, 0.6) is 0 Å². The van der Waals surface area contributed by atoms with Crippen LogP contribution >= 0.6 is 0 Å². The van der Waals surface area contributed by atoms with E-state index in [2.05, 4.69) is 33.0 Å². The van der Waals surface area contributed by atoms with Crippen LogP contribution in [-0.2, 0) is 10.0 Å². The highest BCUT2D eigenvalue weighted by atomic mass is 32.2. The molecular weight excluding hydrogens is 272 g/mol. The molecule has 0 bridgehead atoms. The van der Waals surface area contributed by atoms with E-state index in [1.807, 2.05) is 6.07 Å². The van der Waals surface area contributed by atoms with Gasteiger partial charge in [0.05, 0.1) is 4.90 Å². The summed E-state index contributed by atoms with van der Waals surface area (Å²) in [6.45, 7) is 8.76. The van der Waals surface area contributed by atoms with E-state index >= 15 is 0 Å². The van der Waals surface area contributed by atoms with Crippen molar-refractivity contribution >= 4 is 15.7 Å². The molecule has 114 valence electrons. The summed E-state index contributed by atoms with van der Waals surface area (Å²) < 4.78 is 22.8. The SMILES string of the molecule is CC(C)CC(CC(C)C)Nc1cccc(S(N)(=O)=O)c1. The van der Waals surface area contributed by atoms with E-state index in [0.717, 1.165) is 18.5 Å². The number of hydrogen-bond donors (Lipinski definition) is 2. The summed E-state index contributed by atoms with van der Waals surface area (Å²) in [4.78, 5) is 0.148. The van der Waals surface area contributed by atoms with Crippen molar-refractivity contribution in [2.45, 2.75) is 51.5 Å². The summed E-state index contributed by atoms with van der Waals surface area (Å²) in [6, 6.07) is 7.04. The minimum Gasteiger partial charge on any atom is -0.382 e. The fourth-order valence-corrected chi connectivity index (χ4v) is 2.91. The summed E-state index contributed by atoms with van der Waals surface area (Å²) >= 11 is 0. The molecule has 0 aliphatic rings. The standard InChI is InChI=1S/C15H26N2O2S/c1-11(2)8-14(9-12(3)4)17-13-6-5-7-15(10-13)20(16,18)19/h5-7,10-12,14,17H,8-9H2,1-4H3,(H2,16,18,19). The van der Waals surface area contributed by atoms with Gasteiger partial charge >= 0.3 is 0 Å². The maximum Gasteiger partial charge on any atom is 0.238 e. The first-order valence-corrected chi connectivity index (χ1v) is 8.62. The molecule has 0 amide bonds. The molecule has 0 unspecified atom stereocenters. The Morgan fingerprint density at radius 3 is 2.10 bits per heavy atom. The van der Waals surface area contributed by atoms with Crippen molar-refractivity contribution < 1.29 is 8.42 Å². The topological polar surface area (TPSA) is 72.2 Å². The van der Waals surface area contributed by atoms with Gasteiger partial charge in [0, 0.05) is 11.7 Å². The first-order valence-electron chi connectivity index (χ1n) is 7.08. The third kappa shape index (κ3) is 5.92. The highest BCUT2D eigenvalue weighted by Gasteiger charge is 2.14. The van der Waals surface area contributed by atoms with E-state index in [4.69, 9.17) is 5.14 Å². The molecule has 1 aromatic carbocycles. The largest absolute Gasteiger partial charge is 0.382 e. The van der Waals surface area contributed by atoms with Gasteiger partial charge in [0.1, 0.15) is 0 Å². The van der Waals surface area contributed by atoms with Crippen LogP contribution in [0.2, 0.25) is 0 Å². The van der Waals surface area contributed by atoms with E-state index in [1.165, 1.54) is 6.07 Å². The normalized spacial score (nSPS) is 12.4. The second-order valence-electron chi connectivity index (χ2n) is 6.17. The van der Waals surface area contributed by atoms with Gasteiger partial charge in [-0.1, -0.05) is 33.8 Å². The van der Waals surface area contributed by atoms with Gasteiger partial charge in [0.15, 0.2) is 0 Å². The van der Waals surface area contributed by atoms with Crippen molar-refractivity contribution in [1.82, 2.24) is 0 Å². The monoisotopic (exact) mass is 298 g/mol. The molecule has 0 spiro atoms. The van der Waals surface area contributed by atoms with Crippen LogP contribution in [0.15, 0.2) is 29.2 Å². The summed E-state index contributed by atoms with van der Waals surface area (Å²) in [7, 11) is -3.65.